The first kappa shape index (κ1) is 9.00. The van der Waals surface area contributed by atoms with Crippen molar-refractivity contribution in [1.82, 2.24) is 4.98 Å². The Labute approximate surface area is 78.2 Å². The number of aryl methyl sites for hydroxylation is 1. The third kappa shape index (κ3) is 2.38. The molecule has 2 N–H and O–H groups in total. The summed E-state index contributed by atoms with van der Waals surface area (Å²) in [4.78, 5) is 3.83. The van der Waals surface area contributed by atoms with E-state index in [1.165, 1.54) is 0 Å². The third-order valence-corrected chi connectivity index (χ3v) is 0.987. The molecular formula is C6H7N2U-. The van der Waals surface area contributed by atoms with Crippen molar-refractivity contribution in [2.45, 2.75) is 6.92 Å². The van der Waals surface area contributed by atoms with Crippen LogP contribution < -0.4 is 5.73 Å². The van der Waals surface area contributed by atoms with Gasteiger partial charge in [0, 0.05) is 31.1 Å². The van der Waals surface area contributed by atoms with Gasteiger partial charge in [-0.3, -0.25) is 0 Å². The van der Waals surface area contributed by atoms with Crippen molar-refractivity contribution in [2.24, 2.45) is 0 Å². The number of hydrogen-bond donors (Lipinski definition) is 1. The molecule has 1 heterocycles. The van der Waals surface area contributed by atoms with Crippen LogP contribution in [0.4, 0.5) is 5.69 Å². The summed E-state index contributed by atoms with van der Waals surface area (Å²) in [6, 6.07) is 3.48. The van der Waals surface area contributed by atoms with Crippen LogP contribution in [0.15, 0.2) is 12.1 Å². The van der Waals surface area contributed by atoms with E-state index < -0.39 is 0 Å². The third-order valence-electron chi connectivity index (χ3n) is 0.987. The second-order valence-electron chi connectivity index (χ2n) is 1.61. The molecule has 0 amide bonds. The van der Waals surface area contributed by atoms with Gasteiger partial charge in [-0.25, -0.2) is 0 Å². The van der Waals surface area contributed by atoms with E-state index in [0.29, 0.717) is 0 Å². The Morgan fingerprint density at radius 3 is 2.67 bits per heavy atom. The molecule has 0 atom stereocenters. The Morgan fingerprint density at radius 2 is 2.33 bits per heavy atom. The molecule has 0 aliphatic carbocycles. The Kier molecular flexibility index (Phi) is 3.92. The quantitative estimate of drug-likeness (QED) is 0.706. The van der Waals surface area contributed by atoms with Crippen molar-refractivity contribution in [1.29, 1.82) is 0 Å². The van der Waals surface area contributed by atoms with Gasteiger partial charge in [0.2, 0.25) is 0 Å². The van der Waals surface area contributed by atoms with Crippen LogP contribution in [0.2, 0.25) is 0 Å². The van der Waals surface area contributed by atoms with E-state index in [-0.39, 0.29) is 31.1 Å². The fourth-order valence-corrected chi connectivity index (χ4v) is 0.446. The summed E-state index contributed by atoms with van der Waals surface area (Å²) in [5.74, 6) is 0. The van der Waals surface area contributed by atoms with Gasteiger partial charge in [-0.05, 0) is 0 Å². The number of rotatable bonds is 0. The average molecular weight is 345 g/mol. The summed E-state index contributed by atoms with van der Waals surface area (Å²) in [7, 11) is 0. The largest absolute Gasteiger partial charge is 0.418 e. The van der Waals surface area contributed by atoms with E-state index in [9.17, 15) is 0 Å². The Morgan fingerprint density at radius 1 is 1.67 bits per heavy atom. The molecule has 0 aliphatic rings. The molecule has 0 aromatic carbocycles. The van der Waals surface area contributed by atoms with Gasteiger partial charge in [0.1, 0.15) is 0 Å². The van der Waals surface area contributed by atoms with E-state index >= 15 is 0 Å². The fraction of sp³-hybridized carbons (Fsp3) is 0.167. The minimum Gasteiger partial charge on any atom is -0.418 e. The molecule has 1 aromatic rings. The number of nitrogen functional groups attached to an aromatic ring is 1. The predicted octanol–water partition coefficient (Wildman–Crippen LogP) is 0.772. The van der Waals surface area contributed by atoms with E-state index in [4.69, 9.17) is 5.73 Å². The van der Waals surface area contributed by atoms with Crippen molar-refractivity contribution in [3.8, 4) is 0 Å². The minimum absolute atomic E-state index is 0. The van der Waals surface area contributed by atoms with Crippen molar-refractivity contribution in [2.75, 3.05) is 5.73 Å². The zero-order valence-corrected chi connectivity index (χ0v) is 9.34. The molecule has 1 aromatic heterocycles. The molecule has 1 rings (SSSR count). The average Bonchev–Trinajstić information content (AvgIpc) is 1.77. The van der Waals surface area contributed by atoms with Crippen LogP contribution in [0.3, 0.4) is 0 Å². The molecule has 2 nitrogen and oxygen atoms in total. The molecular weight excluding hydrogens is 338 g/mol. The molecule has 0 spiro atoms. The molecule has 0 unspecified atom stereocenters. The molecule has 0 saturated carbocycles. The molecule has 0 saturated heterocycles. The summed E-state index contributed by atoms with van der Waals surface area (Å²) in [5, 5.41) is 0. The first-order chi connectivity index (χ1) is 3.80. The smallest absolute Gasteiger partial charge is 0 e. The molecule has 0 radical (unpaired) electrons. The second-order valence-corrected chi connectivity index (χ2v) is 1.61. The summed E-state index contributed by atoms with van der Waals surface area (Å²) < 4.78 is 0. The van der Waals surface area contributed by atoms with E-state index in [1.807, 2.05) is 6.92 Å². The zero-order chi connectivity index (χ0) is 5.98. The van der Waals surface area contributed by atoms with Crippen LogP contribution >= 0.6 is 0 Å². The molecule has 9 heavy (non-hydrogen) atoms. The number of aromatic nitrogens is 1. The summed E-state index contributed by atoms with van der Waals surface area (Å²) in [6.07, 6.45) is 2.67. The van der Waals surface area contributed by atoms with Crippen LogP contribution in [0, 0.1) is 44.2 Å². The van der Waals surface area contributed by atoms with E-state index in [1.54, 1.807) is 12.1 Å². The minimum atomic E-state index is 0. The summed E-state index contributed by atoms with van der Waals surface area (Å²) >= 11 is 0. The fourth-order valence-electron chi connectivity index (χ4n) is 0.446. The SMILES string of the molecule is Cc1n[c-]ccc1N.[U]. The maximum atomic E-state index is 5.44. The molecule has 46 valence electrons. The van der Waals surface area contributed by atoms with Crippen LogP contribution in [0.1, 0.15) is 5.69 Å². The second kappa shape index (κ2) is 3.92. The maximum Gasteiger partial charge on any atom is 0 e. The van der Waals surface area contributed by atoms with Crippen molar-refractivity contribution in [3.05, 3.63) is 24.0 Å². The number of pyridine rings is 1. The van der Waals surface area contributed by atoms with Crippen LogP contribution in [-0.4, -0.2) is 4.98 Å². The van der Waals surface area contributed by atoms with Gasteiger partial charge in [-0.2, -0.15) is 6.07 Å². The molecule has 3 heteroatoms. The normalized spacial score (nSPS) is 8.11. The maximum absolute atomic E-state index is 5.44. The summed E-state index contributed by atoms with van der Waals surface area (Å²) in [5.41, 5.74) is 7.00. The van der Waals surface area contributed by atoms with Gasteiger partial charge < -0.3 is 10.7 Å². The Balaban J connectivity index is 0.000000640. The van der Waals surface area contributed by atoms with E-state index in [2.05, 4.69) is 11.2 Å². The van der Waals surface area contributed by atoms with Crippen molar-refractivity contribution < 1.29 is 31.1 Å². The standard InChI is InChI=1S/C6H7N2.U/c1-5-6(7)3-2-4-8-5;/h2-3H,7H2,1H3;/q-1;. The number of nitrogens with two attached hydrogens (primary N) is 1. The number of hydrogen-bond acceptors (Lipinski definition) is 2. The number of nitrogens with zero attached hydrogens (tertiary/aromatic N) is 1. The number of anilines is 1. The van der Waals surface area contributed by atoms with Gasteiger partial charge in [0.25, 0.3) is 0 Å². The van der Waals surface area contributed by atoms with Crippen LogP contribution in [0.25, 0.3) is 0 Å². The van der Waals surface area contributed by atoms with Gasteiger partial charge >= 0.3 is 0 Å². The molecule has 0 fully saturated rings. The van der Waals surface area contributed by atoms with Crippen molar-refractivity contribution >= 4 is 5.69 Å². The van der Waals surface area contributed by atoms with Crippen molar-refractivity contribution in [3.63, 3.8) is 0 Å². The van der Waals surface area contributed by atoms with Gasteiger partial charge in [-0.15, -0.1) is 6.07 Å². The first-order valence-corrected chi connectivity index (χ1v) is 2.40. The zero-order valence-electron chi connectivity index (χ0n) is 5.18. The van der Waals surface area contributed by atoms with Gasteiger partial charge in [-0.1, -0.05) is 24.5 Å². The predicted molar refractivity (Wildman–Crippen MR) is 32.2 cm³/mol. The molecule has 0 bridgehead atoms. The van der Waals surface area contributed by atoms with E-state index in [0.717, 1.165) is 11.4 Å². The van der Waals surface area contributed by atoms with Gasteiger partial charge in [0.05, 0.1) is 0 Å². The van der Waals surface area contributed by atoms with Crippen LogP contribution in [0.5, 0.6) is 0 Å². The summed E-state index contributed by atoms with van der Waals surface area (Å²) in [6.45, 7) is 1.85. The Bertz CT molecular complexity index is 167. The monoisotopic (exact) mass is 345 g/mol. The van der Waals surface area contributed by atoms with Crippen LogP contribution in [-0.2, 0) is 0 Å². The topological polar surface area (TPSA) is 38.9 Å². The van der Waals surface area contributed by atoms with Gasteiger partial charge in [0.15, 0.2) is 0 Å². The molecule has 0 aliphatic heterocycles. The Hall–Kier alpha value is 0.00195. The first-order valence-electron chi connectivity index (χ1n) is 2.40.